The number of hydrogen-bond donors (Lipinski definition) is 3. The van der Waals surface area contributed by atoms with Crippen molar-refractivity contribution in [2.24, 2.45) is 0 Å². The molecule has 10 heteroatoms. The van der Waals surface area contributed by atoms with E-state index in [0.717, 1.165) is 60.8 Å². The Kier molecular flexibility index (Phi) is 10.5. The van der Waals surface area contributed by atoms with Gasteiger partial charge < -0.3 is 35.0 Å². The van der Waals surface area contributed by atoms with E-state index >= 15 is 0 Å². The standard InChI is InChI=1S/C31H42N6O4/c1-31(2,3)41-30(39)33-11-5-13-36(4)21-23-6-8-25(9-7-23)28-10-12-32-29(35-28)34-26-18-24(22-38)19-27(20-26)37-14-16-40-17-15-37/h6-10,12,18-20,38H,5,11,13-17,21-22H2,1-4H3,(H,33,39)(H,32,34,35). The molecule has 10 nitrogen and oxygen atoms in total. The number of carbonyl (C=O) groups excluding carboxylic acids is 1. The summed E-state index contributed by atoms with van der Waals surface area (Å²) < 4.78 is 10.7. The van der Waals surface area contributed by atoms with Crippen LogP contribution in [0.3, 0.4) is 0 Å². The normalized spacial score (nSPS) is 13.8. The Labute approximate surface area is 242 Å². The number of morpholine rings is 1. The van der Waals surface area contributed by atoms with Crippen LogP contribution in [0.5, 0.6) is 0 Å². The lowest BCUT2D eigenvalue weighted by atomic mass is 10.1. The van der Waals surface area contributed by atoms with Crippen molar-refractivity contribution < 1.29 is 19.4 Å². The first-order chi connectivity index (χ1) is 19.7. The van der Waals surface area contributed by atoms with E-state index in [1.54, 1.807) is 6.20 Å². The summed E-state index contributed by atoms with van der Waals surface area (Å²) in [5.41, 5.74) is 5.22. The summed E-state index contributed by atoms with van der Waals surface area (Å²) >= 11 is 0. The Morgan fingerprint density at radius 3 is 2.56 bits per heavy atom. The Morgan fingerprint density at radius 2 is 1.85 bits per heavy atom. The van der Waals surface area contributed by atoms with Crippen LogP contribution in [0.2, 0.25) is 0 Å². The van der Waals surface area contributed by atoms with Crippen LogP contribution in [0, 0.1) is 0 Å². The van der Waals surface area contributed by atoms with Crippen molar-refractivity contribution in [2.75, 3.05) is 56.7 Å². The minimum absolute atomic E-state index is 0.0434. The number of nitrogens with zero attached hydrogens (tertiary/aromatic N) is 4. The van der Waals surface area contributed by atoms with Crippen molar-refractivity contribution in [1.82, 2.24) is 20.2 Å². The molecule has 0 atom stereocenters. The molecule has 1 aliphatic rings. The third-order valence-electron chi connectivity index (χ3n) is 6.54. The van der Waals surface area contributed by atoms with E-state index < -0.39 is 5.60 Å². The Hall–Kier alpha value is -3.73. The number of aliphatic hydroxyl groups excluding tert-OH is 1. The maximum absolute atomic E-state index is 11.8. The number of nitrogens with one attached hydrogen (secondary N) is 2. The van der Waals surface area contributed by atoms with Crippen LogP contribution in [-0.4, -0.2) is 78.1 Å². The summed E-state index contributed by atoms with van der Waals surface area (Å²) in [7, 11) is 2.07. The topological polar surface area (TPSA) is 112 Å². The summed E-state index contributed by atoms with van der Waals surface area (Å²) in [4.78, 5) is 25.4. The second-order valence-electron chi connectivity index (χ2n) is 11.3. The lowest BCUT2D eigenvalue weighted by molar-refractivity contribution is 0.0526. The molecule has 4 rings (SSSR count). The third kappa shape index (κ3) is 9.70. The second kappa shape index (κ2) is 14.2. The summed E-state index contributed by atoms with van der Waals surface area (Å²) in [6.45, 7) is 10.8. The number of aliphatic hydroxyl groups is 1. The zero-order chi connectivity index (χ0) is 29.2. The largest absolute Gasteiger partial charge is 0.444 e. The second-order valence-corrected chi connectivity index (χ2v) is 11.3. The van der Waals surface area contributed by atoms with Gasteiger partial charge >= 0.3 is 6.09 Å². The average molecular weight is 563 g/mol. The van der Waals surface area contributed by atoms with Crippen LogP contribution >= 0.6 is 0 Å². The number of ether oxygens (including phenoxy) is 2. The molecule has 3 N–H and O–H groups in total. The van der Waals surface area contributed by atoms with Crippen LogP contribution in [0.25, 0.3) is 11.3 Å². The van der Waals surface area contributed by atoms with Gasteiger partial charge in [0.2, 0.25) is 5.95 Å². The van der Waals surface area contributed by atoms with Gasteiger partial charge in [-0.05, 0) is 76.2 Å². The molecule has 1 saturated heterocycles. The number of anilines is 3. The van der Waals surface area contributed by atoms with Gasteiger partial charge in [0, 0.05) is 49.3 Å². The van der Waals surface area contributed by atoms with Gasteiger partial charge in [0.05, 0.1) is 25.5 Å². The van der Waals surface area contributed by atoms with Crippen LogP contribution in [0.15, 0.2) is 54.7 Å². The van der Waals surface area contributed by atoms with Crippen molar-refractivity contribution in [3.05, 3.63) is 65.9 Å². The monoisotopic (exact) mass is 562 g/mol. The molecule has 2 heterocycles. The fourth-order valence-corrected chi connectivity index (χ4v) is 4.58. The van der Waals surface area contributed by atoms with Crippen molar-refractivity contribution in [3.63, 3.8) is 0 Å². The number of rotatable bonds is 11. The lowest BCUT2D eigenvalue weighted by Gasteiger charge is -2.29. The van der Waals surface area contributed by atoms with Crippen molar-refractivity contribution in [1.29, 1.82) is 0 Å². The number of hydrogen-bond acceptors (Lipinski definition) is 9. The SMILES string of the molecule is CN(CCCNC(=O)OC(C)(C)C)Cc1ccc(-c2ccnc(Nc3cc(CO)cc(N4CCOCC4)c3)n2)cc1. The van der Waals surface area contributed by atoms with Gasteiger partial charge in [-0.15, -0.1) is 0 Å². The number of benzene rings is 2. The van der Waals surface area contributed by atoms with Gasteiger partial charge in [0.15, 0.2) is 0 Å². The first kappa shape index (κ1) is 30.2. The molecule has 0 spiro atoms. The van der Waals surface area contributed by atoms with E-state index in [1.165, 1.54) is 5.56 Å². The molecule has 1 aromatic heterocycles. The van der Waals surface area contributed by atoms with Gasteiger partial charge in [-0.1, -0.05) is 24.3 Å². The molecule has 0 unspecified atom stereocenters. The van der Waals surface area contributed by atoms with E-state index in [4.69, 9.17) is 14.5 Å². The van der Waals surface area contributed by atoms with Crippen LogP contribution in [-0.2, 0) is 22.6 Å². The van der Waals surface area contributed by atoms with Gasteiger partial charge in [-0.3, -0.25) is 0 Å². The Balaban J connectivity index is 1.32. The zero-order valence-corrected chi connectivity index (χ0v) is 24.5. The average Bonchev–Trinajstić information content (AvgIpc) is 2.95. The van der Waals surface area contributed by atoms with Gasteiger partial charge in [-0.2, -0.15) is 0 Å². The Morgan fingerprint density at radius 1 is 1.10 bits per heavy atom. The molecule has 1 amide bonds. The third-order valence-corrected chi connectivity index (χ3v) is 6.54. The molecule has 1 fully saturated rings. The fourth-order valence-electron chi connectivity index (χ4n) is 4.58. The van der Waals surface area contributed by atoms with Gasteiger partial charge in [0.1, 0.15) is 5.60 Å². The van der Waals surface area contributed by atoms with Gasteiger partial charge in [0.25, 0.3) is 0 Å². The van der Waals surface area contributed by atoms with Crippen LogP contribution in [0.4, 0.5) is 22.1 Å². The highest BCUT2D eigenvalue weighted by Crippen LogP contribution is 2.26. The van der Waals surface area contributed by atoms with Crippen molar-refractivity contribution in [3.8, 4) is 11.3 Å². The molecule has 3 aromatic rings. The number of amides is 1. The van der Waals surface area contributed by atoms with E-state index in [1.807, 2.05) is 39.0 Å². The smallest absolute Gasteiger partial charge is 0.407 e. The zero-order valence-electron chi connectivity index (χ0n) is 24.5. The fraction of sp³-hybridized carbons (Fsp3) is 0.452. The molecule has 0 radical (unpaired) electrons. The van der Waals surface area contributed by atoms with E-state index in [2.05, 4.69) is 62.8 Å². The molecule has 220 valence electrons. The maximum Gasteiger partial charge on any atom is 0.407 e. The molecule has 1 aliphatic heterocycles. The van der Waals surface area contributed by atoms with Gasteiger partial charge in [-0.25, -0.2) is 14.8 Å². The highest BCUT2D eigenvalue weighted by Gasteiger charge is 2.16. The number of alkyl carbamates (subject to hydrolysis) is 1. The molecule has 41 heavy (non-hydrogen) atoms. The summed E-state index contributed by atoms with van der Waals surface area (Å²) in [6.07, 6.45) is 2.20. The quantitative estimate of drug-likeness (QED) is 0.290. The number of aromatic nitrogens is 2. The molecule has 0 bridgehead atoms. The van der Waals surface area contributed by atoms with Crippen molar-refractivity contribution >= 4 is 23.4 Å². The molecule has 0 saturated carbocycles. The molecule has 2 aromatic carbocycles. The van der Waals surface area contributed by atoms with E-state index in [-0.39, 0.29) is 12.7 Å². The van der Waals surface area contributed by atoms with Crippen LogP contribution < -0.4 is 15.5 Å². The number of carbonyl (C=O) groups is 1. The summed E-state index contributed by atoms with van der Waals surface area (Å²) in [6, 6.07) is 16.2. The molecule has 0 aliphatic carbocycles. The van der Waals surface area contributed by atoms with E-state index in [9.17, 15) is 9.90 Å². The highest BCUT2D eigenvalue weighted by molar-refractivity contribution is 5.67. The molecular formula is C31H42N6O4. The van der Waals surface area contributed by atoms with Crippen LogP contribution in [0.1, 0.15) is 38.3 Å². The first-order valence-corrected chi connectivity index (χ1v) is 14.1. The summed E-state index contributed by atoms with van der Waals surface area (Å²) in [5.74, 6) is 0.495. The predicted molar refractivity (Wildman–Crippen MR) is 161 cm³/mol. The highest BCUT2D eigenvalue weighted by atomic mass is 16.6. The first-order valence-electron chi connectivity index (χ1n) is 14.1. The minimum Gasteiger partial charge on any atom is -0.444 e. The van der Waals surface area contributed by atoms with E-state index in [0.29, 0.717) is 25.7 Å². The van der Waals surface area contributed by atoms with Crippen molar-refractivity contribution in [2.45, 2.75) is 45.9 Å². The predicted octanol–water partition coefficient (Wildman–Crippen LogP) is 4.56. The Bertz CT molecular complexity index is 1270. The maximum atomic E-state index is 11.8. The lowest BCUT2D eigenvalue weighted by Crippen LogP contribution is -2.36. The summed E-state index contributed by atoms with van der Waals surface area (Å²) in [5, 5.41) is 15.9. The molecular weight excluding hydrogens is 520 g/mol. The minimum atomic E-state index is -0.490.